The van der Waals surface area contributed by atoms with Gasteiger partial charge in [-0.25, -0.2) is 4.79 Å². The van der Waals surface area contributed by atoms with Crippen LogP contribution in [0.25, 0.3) is 6.08 Å². The second-order valence-electron chi connectivity index (χ2n) is 3.78. The van der Waals surface area contributed by atoms with Crippen molar-refractivity contribution in [3.05, 3.63) is 27.5 Å². The predicted octanol–water partition coefficient (Wildman–Crippen LogP) is 2.30. The number of hydrogen-bond donors (Lipinski definition) is 1. The molecule has 0 amide bonds. The zero-order chi connectivity index (χ0) is 11.4. The molecule has 1 aromatic heterocycles. The van der Waals surface area contributed by atoms with E-state index in [9.17, 15) is 4.79 Å². The van der Waals surface area contributed by atoms with E-state index < -0.39 is 0 Å². The molecule has 1 aliphatic rings. The van der Waals surface area contributed by atoms with Crippen molar-refractivity contribution in [2.24, 2.45) is 0 Å². The van der Waals surface area contributed by atoms with Crippen LogP contribution in [-0.2, 0) is 4.74 Å². The Kier molecular flexibility index (Phi) is 3.74. The number of nitrogens with one attached hydrogen (secondary N) is 1. The summed E-state index contributed by atoms with van der Waals surface area (Å²) in [5.41, 5.74) is 2.10. The maximum absolute atomic E-state index is 11.3. The average molecular weight is 237 g/mol. The number of rotatable bonds is 2. The second-order valence-corrected chi connectivity index (χ2v) is 4.72. The molecule has 0 spiro atoms. The van der Waals surface area contributed by atoms with Crippen LogP contribution in [-0.4, -0.2) is 26.2 Å². The van der Waals surface area contributed by atoms with Gasteiger partial charge < -0.3 is 10.1 Å². The van der Waals surface area contributed by atoms with E-state index >= 15 is 0 Å². The van der Waals surface area contributed by atoms with Crippen molar-refractivity contribution in [2.75, 3.05) is 20.2 Å². The molecule has 4 heteroatoms. The molecular weight excluding hydrogens is 222 g/mol. The summed E-state index contributed by atoms with van der Waals surface area (Å²) in [6.45, 7) is 2.11. The van der Waals surface area contributed by atoms with E-state index in [-0.39, 0.29) is 5.97 Å². The number of esters is 1. The van der Waals surface area contributed by atoms with E-state index in [2.05, 4.69) is 16.1 Å². The highest BCUT2D eigenvalue weighted by Crippen LogP contribution is 2.21. The smallest absolute Gasteiger partial charge is 0.338 e. The quantitative estimate of drug-likeness (QED) is 0.802. The normalized spacial score (nSPS) is 15.9. The van der Waals surface area contributed by atoms with Crippen LogP contribution in [0.3, 0.4) is 0 Å². The van der Waals surface area contributed by atoms with Crippen LogP contribution in [0.2, 0.25) is 0 Å². The van der Waals surface area contributed by atoms with E-state index in [0.717, 1.165) is 30.8 Å². The minimum atomic E-state index is -0.258. The fraction of sp³-hybridized carbons (Fsp3) is 0.417. The van der Waals surface area contributed by atoms with E-state index in [4.69, 9.17) is 0 Å². The van der Waals surface area contributed by atoms with Gasteiger partial charge >= 0.3 is 5.97 Å². The molecule has 1 N–H and O–H groups in total. The second kappa shape index (κ2) is 5.27. The molecule has 1 aliphatic heterocycles. The fourth-order valence-corrected chi connectivity index (χ4v) is 2.60. The van der Waals surface area contributed by atoms with Crippen LogP contribution in [0.5, 0.6) is 0 Å². The van der Waals surface area contributed by atoms with Crippen molar-refractivity contribution in [3.63, 3.8) is 0 Å². The predicted molar refractivity (Wildman–Crippen MR) is 65.7 cm³/mol. The van der Waals surface area contributed by atoms with Gasteiger partial charge in [0.2, 0.25) is 0 Å². The topological polar surface area (TPSA) is 38.3 Å². The Balaban J connectivity index is 2.09. The number of methoxy groups -OCH3 is 1. The molecule has 0 radical (unpaired) electrons. The first-order valence-corrected chi connectivity index (χ1v) is 6.24. The summed E-state index contributed by atoms with van der Waals surface area (Å²) in [6, 6.07) is 1.89. The summed E-state index contributed by atoms with van der Waals surface area (Å²) < 4.78 is 4.68. The first-order valence-electron chi connectivity index (χ1n) is 5.36. The summed E-state index contributed by atoms with van der Waals surface area (Å²) in [7, 11) is 1.41. The van der Waals surface area contributed by atoms with E-state index in [1.54, 1.807) is 11.3 Å². The lowest BCUT2D eigenvalue weighted by Gasteiger charge is -2.14. The molecule has 1 aromatic rings. The van der Waals surface area contributed by atoms with Crippen molar-refractivity contribution in [1.82, 2.24) is 5.32 Å². The highest BCUT2D eigenvalue weighted by atomic mass is 32.1. The summed E-state index contributed by atoms with van der Waals surface area (Å²) in [5.74, 6) is -0.258. The molecule has 1 fully saturated rings. The Morgan fingerprint density at radius 2 is 2.25 bits per heavy atom. The van der Waals surface area contributed by atoms with Gasteiger partial charge in [0.1, 0.15) is 0 Å². The van der Waals surface area contributed by atoms with E-state index in [1.807, 2.05) is 11.4 Å². The largest absolute Gasteiger partial charge is 0.465 e. The lowest BCUT2D eigenvalue weighted by atomic mass is 10.0. The zero-order valence-corrected chi connectivity index (χ0v) is 10.1. The van der Waals surface area contributed by atoms with Crippen molar-refractivity contribution in [2.45, 2.75) is 12.8 Å². The van der Waals surface area contributed by atoms with Crippen LogP contribution in [0.4, 0.5) is 0 Å². The van der Waals surface area contributed by atoms with Crippen molar-refractivity contribution in [3.8, 4) is 0 Å². The molecule has 86 valence electrons. The minimum Gasteiger partial charge on any atom is -0.465 e. The summed E-state index contributed by atoms with van der Waals surface area (Å²) in [4.78, 5) is 12.4. The zero-order valence-electron chi connectivity index (χ0n) is 9.29. The Bertz CT molecular complexity index is 401. The van der Waals surface area contributed by atoms with Crippen LogP contribution < -0.4 is 5.32 Å². The summed E-state index contributed by atoms with van der Waals surface area (Å²) in [6.07, 6.45) is 4.40. The molecule has 0 unspecified atom stereocenters. The number of piperidine rings is 1. The maximum Gasteiger partial charge on any atom is 0.338 e. The Morgan fingerprint density at radius 1 is 1.50 bits per heavy atom. The SMILES string of the molecule is COC(=O)c1csc(C=C2CCNCC2)c1. The van der Waals surface area contributed by atoms with Crippen LogP contribution in [0.15, 0.2) is 17.0 Å². The average Bonchev–Trinajstić information content (AvgIpc) is 2.78. The fourth-order valence-electron chi connectivity index (χ4n) is 1.75. The van der Waals surface area contributed by atoms with E-state index in [1.165, 1.54) is 12.7 Å². The Morgan fingerprint density at radius 3 is 2.94 bits per heavy atom. The van der Waals surface area contributed by atoms with Gasteiger partial charge in [0.15, 0.2) is 0 Å². The van der Waals surface area contributed by atoms with Crippen molar-refractivity contribution < 1.29 is 9.53 Å². The molecule has 0 atom stereocenters. The van der Waals surface area contributed by atoms with Gasteiger partial charge in [-0.3, -0.25) is 0 Å². The molecule has 2 rings (SSSR count). The van der Waals surface area contributed by atoms with Crippen LogP contribution >= 0.6 is 11.3 Å². The lowest BCUT2D eigenvalue weighted by molar-refractivity contribution is 0.0601. The lowest BCUT2D eigenvalue weighted by Crippen LogP contribution is -2.22. The molecule has 0 bridgehead atoms. The third kappa shape index (κ3) is 2.71. The number of hydrogen-bond acceptors (Lipinski definition) is 4. The third-order valence-corrected chi connectivity index (χ3v) is 3.51. The number of carbonyl (C=O) groups excluding carboxylic acids is 1. The summed E-state index contributed by atoms with van der Waals surface area (Å²) in [5, 5.41) is 5.17. The molecule has 1 saturated heterocycles. The first-order chi connectivity index (χ1) is 7.79. The molecule has 2 heterocycles. The molecule has 0 aliphatic carbocycles. The van der Waals surface area contributed by atoms with Gasteiger partial charge in [-0.05, 0) is 38.1 Å². The molecule has 0 aromatic carbocycles. The van der Waals surface area contributed by atoms with Crippen LogP contribution in [0.1, 0.15) is 28.1 Å². The van der Waals surface area contributed by atoms with Gasteiger partial charge in [0.05, 0.1) is 12.7 Å². The minimum absolute atomic E-state index is 0.258. The number of thiophene rings is 1. The van der Waals surface area contributed by atoms with Gasteiger partial charge in [0, 0.05) is 10.3 Å². The van der Waals surface area contributed by atoms with Crippen molar-refractivity contribution >= 4 is 23.4 Å². The maximum atomic E-state index is 11.3. The molecular formula is C12H15NO2S. The monoisotopic (exact) mass is 237 g/mol. The Labute approximate surface area is 99.1 Å². The van der Waals surface area contributed by atoms with Gasteiger partial charge in [-0.2, -0.15) is 0 Å². The van der Waals surface area contributed by atoms with E-state index in [0.29, 0.717) is 5.56 Å². The molecule has 3 nitrogen and oxygen atoms in total. The highest BCUT2D eigenvalue weighted by Gasteiger charge is 2.09. The van der Waals surface area contributed by atoms with Crippen LogP contribution in [0, 0.1) is 0 Å². The first kappa shape index (κ1) is 11.4. The van der Waals surface area contributed by atoms with Crippen molar-refractivity contribution in [1.29, 1.82) is 0 Å². The van der Waals surface area contributed by atoms with Gasteiger partial charge in [-0.15, -0.1) is 11.3 Å². The molecule has 0 saturated carbocycles. The number of ether oxygens (including phenoxy) is 1. The highest BCUT2D eigenvalue weighted by molar-refractivity contribution is 7.11. The van der Waals surface area contributed by atoms with Gasteiger partial charge in [-0.1, -0.05) is 5.57 Å². The standard InChI is InChI=1S/C12H15NO2S/c1-15-12(14)10-7-11(16-8-10)6-9-2-4-13-5-3-9/h6-8,13H,2-5H2,1H3. The van der Waals surface area contributed by atoms with Gasteiger partial charge in [0.25, 0.3) is 0 Å². The number of carbonyl (C=O) groups is 1. The third-order valence-electron chi connectivity index (χ3n) is 2.63. The summed E-state index contributed by atoms with van der Waals surface area (Å²) >= 11 is 1.59. The molecule has 16 heavy (non-hydrogen) atoms. The Hall–Kier alpha value is -1.13.